The molecule has 0 aliphatic carbocycles. The minimum absolute atomic E-state index is 0.0510. The lowest BCUT2D eigenvalue weighted by Crippen LogP contribution is -2.28. The first-order chi connectivity index (χ1) is 12.7. The van der Waals surface area contributed by atoms with Crippen molar-refractivity contribution in [2.75, 3.05) is 0 Å². The number of aryl methyl sites for hydroxylation is 1. The normalized spacial score (nSPS) is 13.1. The van der Waals surface area contributed by atoms with Gasteiger partial charge in [-0.1, -0.05) is 53.5 Å². The standard InChI is InChI=1S/C19H15Cl2F3N2O/c1-26-16-9-14(21)13(20)8-15(16)25-17(18(26)27)12(10-19(22,23)24)7-11-5-3-2-4-6-11/h2-6,8-9,12H,7,10H2,1H3. The van der Waals surface area contributed by atoms with Crippen molar-refractivity contribution in [2.24, 2.45) is 7.05 Å². The molecule has 0 saturated carbocycles. The summed E-state index contributed by atoms with van der Waals surface area (Å²) in [6.07, 6.45) is -5.52. The van der Waals surface area contributed by atoms with Crippen molar-refractivity contribution < 1.29 is 13.2 Å². The Balaban J connectivity index is 2.15. The maximum absolute atomic E-state index is 13.2. The summed E-state index contributed by atoms with van der Waals surface area (Å²) in [5, 5.41) is 0.460. The molecule has 27 heavy (non-hydrogen) atoms. The summed E-state index contributed by atoms with van der Waals surface area (Å²) in [6.45, 7) is 0. The van der Waals surface area contributed by atoms with Crippen LogP contribution in [-0.2, 0) is 13.5 Å². The molecule has 2 aromatic carbocycles. The molecule has 1 aromatic heterocycles. The number of aromatic nitrogens is 2. The van der Waals surface area contributed by atoms with Gasteiger partial charge in [0.15, 0.2) is 0 Å². The quantitative estimate of drug-likeness (QED) is 0.563. The summed E-state index contributed by atoms with van der Waals surface area (Å²) >= 11 is 12.0. The number of alkyl halides is 3. The molecule has 0 aliphatic heterocycles. The fraction of sp³-hybridized carbons (Fsp3) is 0.263. The lowest BCUT2D eigenvalue weighted by molar-refractivity contribution is -0.139. The van der Waals surface area contributed by atoms with E-state index in [0.717, 1.165) is 0 Å². The topological polar surface area (TPSA) is 34.9 Å². The summed E-state index contributed by atoms with van der Waals surface area (Å²) in [5.41, 5.74) is 0.714. The average Bonchev–Trinajstić information content (AvgIpc) is 2.59. The van der Waals surface area contributed by atoms with Gasteiger partial charge in [-0.15, -0.1) is 0 Å². The Bertz CT molecular complexity index is 1030. The summed E-state index contributed by atoms with van der Waals surface area (Å²) in [7, 11) is 1.48. The molecule has 8 heteroatoms. The second-order valence-electron chi connectivity index (χ2n) is 6.32. The molecule has 142 valence electrons. The van der Waals surface area contributed by atoms with Gasteiger partial charge >= 0.3 is 6.18 Å². The molecule has 3 aromatic rings. The largest absolute Gasteiger partial charge is 0.389 e. The number of nitrogens with zero attached hydrogens (tertiary/aromatic N) is 2. The van der Waals surface area contributed by atoms with E-state index < -0.39 is 24.1 Å². The maximum atomic E-state index is 13.2. The molecular weight excluding hydrogens is 400 g/mol. The van der Waals surface area contributed by atoms with Gasteiger partial charge in [0.2, 0.25) is 0 Å². The molecule has 0 fully saturated rings. The SMILES string of the molecule is Cn1c(=O)c(C(Cc2ccccc2)CC(F)(F)F)nc2cc(Cl)c(Cl)cc21. The number of hydrogen-bond acceptors (Lipinski definition) is 2. The zero-order valence-electron chi connectivity index (χ0n) is 14.2. The Morgan fingerprint density at radius 1 is 1.11 bits per heavy atom. The lowest BCUT2D eigenvalue weighted by Gasteiger charge is -2.19. The van der Waals surface area contributed by atoms with Crippen LogP contribution in [-0.4, -0.2) is 15.7 Å². The monoisotopic (exact) mass is 414 g/mol. The minimum Gasteiger partial charge on any atom is -0.308 e. The first-order valence-electron chi connectivity index (χ1n) is 8.12. The van der Waals surface area contributed by atoms with Gasteiger partial charge in [0.25, 0.3) is 5.56 Å². The zero-order valence-corrected chi connectivity index (χ0v) is 15.7. The van der Waals surface area contributed by atoms with Crippen LogP contribution in [0.15, 0.2) is 47.3 Å². The molecule has 0 amide bonds. The zero-order chi connectivity index (χ0) is 19.8. The second kappa shape index (κ2) is 7.52. The molecule has 3 nitrogen and oxygen atoms in total. The van der Waals surface area contributed by atoms with Crippen LogP contribution in [0, 0.1) is 0 Å². The van der Waals surface area contributed by atoms with Crippen molar-refractivity contribution in [2.45, 2.75) is 24.9 Å². The summed E-state index contributed by atoms with van der Waals surface area (Å²) < 4.78 is 40.8. The molecule has 1 unspecified atom stereocenters. The van der Waals surface area contributed by atoms with E-state index in [9.17, 15) is 18.0 Å². The molecule has 0 bridgehead atoms. The van der Waals surface area contributed by atoms with Crippen molar-refractivity contribution in [1.29, 1.82) is 0 Å². The Hall–Kier alpha value is -2.05. The predicted octanol–water partition coefficient (Wildman–Crippen LogP) is 5.52. The first-order valence-corrected chi connectivity index (χ1v) is 8.87. The molecule has 1 heterocycles. The van der Waals surface area contributed by atoms with E-state index in [4.69, 9.17) is 23.2 Å². The highest BCUT2D eigenvalue weighted by molar-refractivity contribution is 6.42. The van der Waals surface area contributed by atoms with Gasteiger partial charge in [-0.3, -0.25) is 4.79 Å². The number of hydrogen-bond donors (Lipinski definition) is 0. The van der Waals surface area contributed by atoms with Crippen LogP contribution >= 0.6 is 23.2 Å². The van der Waals surface area contributed by atoms with Crippen LogP contribution in [0.5, 0.6) is 0 Å². The van der Waals surface area contributed by atoms with Crippen LogP contribution in [0.1, 0.15) is 23.6 Å². The van der Waals surface area contributed by atoms with Crippen LogP contribution in [0.2, 0.25) is 10.0 Å². The van der Waals surface area contributed by atoms with Gasteiger partial charge in [0.1, 0.15) is 5.69 Å². The second-order valence-corrected chi connectivity index (χ2v) is 7.14. The smallest absolute Gasteiger partial charge is 0.308 e. The molecule has 0 aliphatic rings. The van der Waals surface area contributed by atoms with Crippen LogP contribution in [0.25, 0.3) is 11.0 Å². The third-order valence-electron chi connectivity index (χ3n) is 4.33. The Kier molecular flexibility index (Phi) is 5.49. The highest BCUT2D eigenvalue weighted by Crippen LogP contribution is 2.33. The van der Waals surface area contributed by atoms with E-state index in [1.807, 2.05) is 0 Å². The van der Waals surface area contributed by atoms with E-state index in [1.165, 1.54) is 23.7 Å². The summed E-state index contributed by atoms with van der Waals surface area (Å²) in [4.78, 5) is 17.0. The highest BCUT2D eigenvalue weighted by atomic mass is 35.5. The van der Waals surface area contributed by atoms with Crippen LogP contribution in [0.3, 0.4) is 0 Å². The highest BCUT2D eigenvalue weighted by Gasteiger charge is 2.35. The van der Waals surface area contributed by atoms with Gasteiger partial charge in [0, 0.05) is 13.0 Å². The summed E-state index contributed by atoms with van der Waals surface area (Å²) in [5.74, 6) is -1.11. The molecular formula is C19H15Cl2F3N2O. The van der Waals surface area contributed by atoms with E-state index >= 15 is 0 Å². The van der Waals surface area contributed by atoms with E-state index in [-0.39, 0.29) is 22.2 Å². The average molecular weight is 415 g/mol. The van der Waals surface area contributed by atoms with E-state index in [1.54, 1.807) is 30.3 Å². The third-order valence-corrected chi connectivity index (χ3v) is 5.06. The fourth-order valence-corrected chi connectivity index (χ4v) is 3.37. The van der Waals surface area contributed by atoms with Crippen molar-refractivity contribution in [3.05, 3.63) is 74.1 Å². The number of rotatable bonds is 4. The molecule has 0 spiro atoms. The van der Waals surface area contributed by atoms with Gasteiger partial charge < -0.3 is 4.57 Å². The molecule has 0 radical (unpaired) electrons. The Labute approximate surface area is 163 Å². The van der Waals surface area contributed by atoms with Gasteiger partial charge in [-0.2, -0.15) is 13.2 Å². The molecule has 1 atom stereocenters. The van der Waals surface area contributed by atoms with Crippen LogP contribution < -0.4 is 5.56 Å². The van der Waals surface area contributed by atoms with Gasteiger partial charge in [0.05, 0.1) is 27.5 Å². The lowest BCUT2D eigenvalue weighted by atomic mass is 9.92. The Morgan fingerprint density at radius 3 is 2.37 bits per heavy atom. The molecule has 0 N–H and O–H groups in total. The first kappa shape index (κ1) is 19.7. The van der Waals surface area contributed by atoms with E-state index in [0.29, 0.717) is 16.6 Å². The Morgan fingerprint density at radius 2 is 1.74 bits per heavy atom. The predicted molar refractivity (Wildman–Crippen MR) is 101 cm³/mol. The minimum atomic E-state index is -4.43. The van der Waals surface area contributed by atoms with Crippen molar-refractivity contribution in [3.63, 3.8) is 0 Å². The van der Waals surface area contributed by atoms with Crippen molar-refractivity contribution >= 4 is 34.2 Å². The van der Waals surface area contributed by atoms with Crippen LogP contribution in [0.4, 0.5) is 13.2 Å². The fourth-order valence-electron chi connectivity index (χ4n) is 3.05. The number of benzene rings is 2. The van der Waals surface area contributed by atoms with Crippen molar-refractivity contribution in [1.82, 2.24) is 9.55 Å². The third kappa shape index (κ3) is 4.45. The van der Waals surface area contributed by atoms with E-state index in [2.05, 4.69) is 4.98 Å². The number of fused-ring (bicyclic) bond motifs is 1. The summed E-state index contributed by atoms with van der Waals surface area (Å²) in [6, 6.07) is 11.7. The van der Waals surface area contributed by atoms with Gasteiger partial charge in [-0.05, 0) is 24.1 Å². The van der Waals surface area contributed by atoms with Gasteiger partial charge in [-0.25, -0.2) is 4.98 Å². The van der Waals surface area contributed by atoms with Crippen molar-refractivity contribution in [3.8, 4) is 0 Å². The number of halogens is 5. The maximum Gasteiger partial charge on any atom is 0.389 e. The molecule has 0 saturated heterocycles. The molecule has 3 rings (SSSR count).